The second-order valence-corrected chi connectivity index (χ2v) is 6.37. The standard InChI is InChI=1S/C18H25NO2/c1-14(18(2,3)4)13-17(21)19-16-10-8-15(9-11-16)7-5-6-12-20/h8-11,14,20H,6,12-13H2,1-4H3,(H,19,21). The zero-order chi connectivity index (χ0) is 15.9. The summed E-state index contributed by atoms with van der Waals surface area (Å²) in [6.07, 6.45) is 0.991. The number of hydrogen-bond acceptors (Lipinski definition) is 2. The number of amides is 1. The number of carbonyl (C=O) groups is 1. The van der Waals surface area contributed by atoms with E-state index in [4.69, 9.17) is 5.11 Å². The molecule has 0 aliphatic carbocycles. The molecule has 0 saturated carbocycles. The monoisotopic (exact) mass is 287 g/mol. The Morgan fingerprint density at radius 1 is 1.29 bits per heavy atom. The lowest BCUT2D eigenvalue weighted by Crippen LogP contribution is -2.23. The summed E-state index contributed by atoms with van der Waals surface area (Å²) in [5.41, 5.74) is 1.79. The van der Waals surface area contributed by atoms with Crippen LogP contribution in [-0.4, -0.2) is 17.6 Å². The summed E-state index contributed by atoms with van der Waals surface area (Å²) in [4.78, 5) is 12.0. The van der Waals surface area contributed by atoms with E-state index in [1.807, 2.05) is 24.3 Å². The van der Waals surface area contributed by atoms with Crippen LogP contribution in [0.15, 0.2) is 24.3 Å². The number of aliphatic hydroxyl groups is 1. The summed E-state index contributed by atoms with van der Waals surface area (Å²) in [6.45, 7) is 8.60. The quantitative estimate of drug-likeness (QED) is 0.834. The number of hydrogen-bond donors (Lipinski definition) is 2. The van der Waals surface area contributed by atoms with Crippen LogP contribution in [0.4, 0.5) is 5.69 Å². The Morgan fingerprint density at radius 2 is 1.90 bits per heavy atom. The minimum atomic E-state index is 0.0385. The maximum Gasteiger partial charge on any atom is 0.224 e. The van der Waals surface area contributed by atoms with Crippen molar-refractivity contribution in [1.82, 2.24) is 0 Å². The predicted octanol–water partition coefficient (Wildman–Crippen LogP) is 3.43. The molecular weight excluding hydrogens is 262 g/mol. The maximum atomic E-state index is 12.0. The summed E-state index contributed by atoms with van der Waals surface area (Å²) in [6, 6.07) is 7.44. The van der Waals surface area contributed by atoms with E-state index in [0.29, 0.717) is 18.8 Å². The Balaban J connectivity index is 2.56. The van der Waals surface area contributed by atoms with Crippen molar-refractivity contribution >= 4 is 11.6 Å². The van der Waals surface area contributed by atoms with Gasteiger partial charge < -0.3 is 10.4 Å². The lowest BCUT2D eigenvalue weighted by molar-refractivity contribution is -0.117. The minimum Gasteiger partial charge on any atom is -0.395 e. The fourth-order valence-corrected chi connectivity index (χ4v) is 1.65. The molecule has 0 radical (unpaired) electrons. The summed E-state index contributed by atoms with van der Waals surface area (Å²) < 4.78 is 0. The lowest BCUT2D eigenvalue weighted by Gasteiger charge is -2.26. The van der Waals surface area contributed by atoms with Crippen LogP contribution >= 0.6 is 0 Å². The average molecular weight is 287 g/mol. The van der Waals surface area contributed by atoms with Crippen molar-refractivity contribution in [3.05, 3.63) is 29.8 Å². The second-order valence-electron chi connectivity index (χ2n) is 6.37. The Kier molecular flexibility index (Phi) is 6.45. The molecule has 3 nitrogen and oxygen atoms in total. The molecule has 0 spiro atoms. The van der Waals surface area contributed by atoms with Gasteiger partial charge in [-0.05, 0) is 35.6 Å². The highest BCUT2D eigenvalue weighted by Crippen LogP contribution is 2.28. The average Bonchev–Trinajstić information content (AvgIpc) is 2.40. The molecule has 0 bridgehead atoms. The summed E-state index contributed by atoms with van der Waals surface area (Å²) in [7, 11) is 0. The van der Waals surface area contributed by atoms with Crippen molar-refractivity contribution in [3.8, 4) is 11.8 Å². The molecule has 1 aromatic rings. The molecule has 3 heteroatoms. The molecule has 21 heavy (non-hydrogen) atoms. The zero-order valence-corrected chi connectivity index (χ0v) is 13.4. The zero-order valence-electron chi connectivity index (χ0n) is 13.4. The fourth-order valence-electron chi connectivity index (χ4n) is 1.65. The van der Waals surface area contributed by atoms with E-state index < -0.39 is 0 Å². The molecule has 0 heterocycles. The van der Waals surface area contributed by atoms with Crippen molar-refractivity contribution < 1.29 is 9.90 Å². The molecule has 1 amide bonds. The van der Waals surface area contributed by atoms with Crippen molar-refractivity contribution in [2.75, 3.05) is 11.9 Å². The van der Waals surface area contributed by atoms with E-state index in [9.17, 15) is 4.79 Å². The predicted molar refractivity (Wildman–Crippen MR) is 86.9 cm³/mol. The SMILES string of the molecule is CC(CC(=O)Nc1ccc(C#CCCO)cc1)C(C)(C)C. The third kappa shape index (κ3) is 6.46. The molecule has 2 N–H and O–H groups in total. The number of rotatable bonds is 4. The number of carbonyl (C=O) groups excluding carboxylic acids is 1. The molecule has 1 unspecified atom stereocenters. The van der Waals surface area contributed by atoms with Gasteiger partial charge in [-0.3, -0.25) is 4.79 Å². The molecule has 1 rings (SSSR count). The lowest BCUT2D eigenvalue weighted by atomic mass is 9.80. The first-order chi connectivity index (χ1) is 9.82. The third-order valence-corrected chi connectivity index (χ3v) is 3.61. The molecule has 0 aliphatic heterocycles. The topological polar surface area (TPSA) is 49.3 Å². The van der Waals surface area contributed by atoms with Gasteiger partial charge in [0.05, 0.1) is 6.61 Å². The van der Waals surface area contributed by atoms with Gasteiger partial charge in [-0.15, -0.1) is 0 Å². The molecule has 1 aromatic carbocycles. The van der Waals surface area contributed by atoms with Crippen molar-refractivity contribution in [1.29, 1.82) is 0 Å². The molecule has 0 aliphatic rings. The first-order valence-corrected chi connectivity index (χ1v) is 7.32. The van der Waals surface area contributed by atoms with Gasteiger partial charge in [0.15, 0.2) is 0 Å². The Hall–Kier alpha value is -1.79. The Labute approximate surface area is 127 Å². The van der Waals surface area contributed by atoms with E-state index in [1.165, 1.54) is 0 Å². The van der Waals surface area contributed by atoms with Crippen LogP contribution in [0, 0.1) is 23.2 Å². The van der Waals surface area contributed by atoms with Crippen LogP contribution in [0.3, 0.4) is 0 Å². The number of benzene rings is 1. The van der Waals surface area contributed by atoms with Gasteiger partial charge in [0.1, 0.15) is 0 Å². The van der Waals surface area contributed by atoms with E-state index in [-0.39, 0.29) is 17.9 Å². The number of anilines is 1. The fraction of sp³-hybridized carbons (Fsp3) is 0.500. The third-order valence-electron chi connectivity index (χ3n) is 3.61. The maximum absolute atomic E-state index is 12.0. The van der Waals surface area contributed by atoms with Gasteiger partial charge in [-0.1, -0.05) is 39.5 Å². The van der Waals surface area contributed by atoms with Crippen molar-refractivity contribution in [3.63, 3.8) is 0 Å². The van der Waals surface area contributed by atoms with Crippen LogP contribution in [0.5, 0.6) is 0 Å². The van der Waals surface area contributed by atoms with Crippen molar-refractivity contribution in [2.45, 2.75) is 40.5 Å². The van der Waals surface area contributed by atoms with Gasteiger partial charge in [0.25, 0.3) is 0 Å². The molecular formula is C18H25NO2. The highest BCUT2D eigenvalue weighted by atomic mass is 16.2. The summed E-state index contributed by atoms with van der Waals surface area (Å²) in [5, 5.41) is 11.6. The smallest absolute Gasteiger partial charge is 0.224 e. The van der Waals surface area contributed by atoms with Crippen LogP contribution in [0.1, 0.15) is 46.1 Å². The molecule has 0 fully saturated rings. The first kappa shape index (κ1) is 17.3. The van der Waals surface area contributed by atoms with Crippen LogP contribution in [-0.2, 0) is 4.79 Å². The van der Waals surface area contributed by atoms with Gasteiger partial charge in [0, 0.05) is 24.1 Å². The van der Waals surface area contributed by atoms with Crippen molar-refractivity contribution in [2.24, 2.45) is 11.3 Å². The normalized spacial score (nSPS) is 12.2. The van der Waals surface area contributed by atoms with Crippen LogP contribution in [0.25, 0.3) is 0 Å². The highest BCUT2D eigenvalue weighted by molar-refractivity contribution is 5.90. The van der Waals surface area contributed by atoms with E-state index in [1.54, 1.807) is 0 Å². The minimum absolute atomic E-state index is 0.0385. The Bertz CT molecular complexity index is 515. The summed E-state index contributed by atoms with van der Waals surface area (Å²) >= 11 is 0. The van der Waals surface area contributed by atoms with Gasteiger partial charge in [-0.25, -0.2) is 0 Å². The van der Waals surface area contributed by atoms with Gasteiger partial charge in [0.2, 0.25) is 5.91 Å². The summed E-state index contributed by atoms with van der Waals surface area (Å²) in [5.74, 6) is 6.18. The number of nitrogens with one attached hydrogen (secondary N) is 1. The number of aliphatic hydroxyl groups excluding tert-OH is 1. The second kappa shape index (κ2) is 7.85. The Morgan fingerprint density at radius 3 is 2.43 bits per heavy atom. The van der Waals surface area contributed by atoms with E-state index in [0.717, 1.165) is 11.3 Å². The van der Waals surface area contributed by atoms with Gasteiger partial charge in [-0.2, -0.15) is 0 Å². The first-order valence-electron chi connectivity index (χ1n) is 7.32. The van der Waals surface area contributed by atoms with Crippen LogP contribution in [0.2, 0.25) is 0 Å². The highest BCUT2D eigenvalue weighted by Gasteiger charge is 2.22. The van der Waals surface area contributed by atoms with Crippen LogP contribution < -0.4 is 5.32 Å². The molecule has 0 saturated heterocycles. The van der Waals surface area contributed by atoms with Gasteiger partial charge >= 0.3 is 0 Å². The largest absolute Gasteiger partial charge is 0.395 e. The molecule has 0 aromatic heterocycles. The van der Waals surface area contributed by atoms with E-state index in [2.05, 4.69) is 44.9 Å². The molecule has 1 atom stereocenters. The van der Waals surface area contributed by atoms with E-state index >= 15 is 0 Å². The molecule has 114 valence electrons.